The predicted molar refractivity (Wildman–Crippen MR) is 83.2 cm³/mol. The number of methoxy groups -OCH3 is 2. The summed E-state index contributed by atoms with van der Waals surface area (Å²) in [6.07, 6.45) is 0. The second kappa shape index (κ2) is 6.01. The fourth-order valence-corrected chi connectivity index (χ4v) is 2.14. The lowest BCUT2D eigenvalue weighted by atomic mass is 10.2. The van der Waals surface area contributed by atoms with Gasteiger partial charge in [-0.05, 0) is 40.8 Å². The van der Waals surface area contributed by atoms with Crippen LogP contribution in [0.1, 0.15) is 0 Å². The Labute approximate surface area is 125 Å². The molecular formula is C14H14INO3. The summed E-state index contributed by atoms with van der Waals surface area (Å²) in [7, 11) is 3.14. The molecule has 2 aromatic rings. The van der Waals surface area contributed by atoms with Crippen molar-refractivity contribution in [3.05, 3.63) is 40.0 Å². The van der Waals surface area contributed by atoms with Crippen LogP contribution in [0.3, 0.4) is 0 Å². The lowest BCUT2D eigenvalue weighted by Gasteiger charge is -2.13. The molecule has 2 rings (SSSR count). The Bertz CT molecular complexity index is 587. The highest BCUT2D eigenvalue weighted by Gasteiger charge is 2.11. The van der Waals surface area contributed by atoms with Crippen molar-refractivity contribution in [1.82, 2.24) is 0 Å². The maximum atomic E-state index is 5.94. The zero-order valence-electron chi connectivity index (χ0n) is 10.6. The molecule has 0 radical (unpaired) electrons. The zero-order valence-corrected chi connectivity index (χ0v) is 12.8. The Morgan fingerprint density at radius 1 is 0.947 bits per heavy atom. The van der Waals surface area contributed by atoms with Gasteiger partial charge in [0.15, 0.2) is 17.2 Å². The quantitative estimate of drug-likeness (QED) is 0.658. The number of benzene rings is 2. The van der Waals surface area contributed by atoms with Gasteiger partial charge < -0.3 is 19.9 Å². The van der Waals surface area contributed by atoms with E-state index in [2.05, 4.69) is 22.6 Å². The van der Waals surface area contributed by atoms with Crippen molar-refractivity contribution in [2.75, 3.05) is 20.0 Å². The molecule has 0 aliphatic heterocycles. The van der Waals surface area contributed by atoms with Crippen LogP contribution in [0.2, 0.25) is 0 Å². The minimum Gasteiger partial charge on any atom is -0.493 e. The summed E-state index contributed by atoms with van der Waals surface area (Å²) < 4.78 is 17.3. The Morgan fingerprint density at radius 3 is 2.26 bits per heavy atom. The smallest absolute Gasteiger partial charge is 0.164 e. The van der Waals surface area contributed by atoms with Crippen LogP contribution in [0, 0.1) is 3.57 Å². The van der Waals surface area contributed by atoms with E-state index in [1.807, 2.05) is 24.3 Å². The zero-order chi connectivity index (χ0) is 13.8. The van der Waals surface area contributed by atoms with E-state index >= 15 is 0 Å². The Morgan fingerprint density at radius 2 is 1.63 bits per heavy atom. The van der Waals surface area contributed by atoms with Crippen molar-refractivity contribution >= 4 is 28.3 Å². The average Bonchev–Trinajstić information content (AvgIpc) is 2.40. The molecular weight excluding hydrogens is 357 g/mol. The molecule has 0 fully saturated rings. The summed E-state index contributed by atoms with van der Waals surface area (Å²) in [6, 6.07) is 11.1. The standard InChI is InChI=1S/C14H14INO3/c1-17-13-7-11(16)12(8-14(13)18-2)19-10-5-3-4-9(15)6-10/h3-8H,16H2,1-2H3. The van der Waals surface area contributed by atoms with Gasteiger partial charge in [-0.3, -0.25) is 0 Å². The van der Waals surface area contributed by atoms with E-state index < -0.39 is 0 Å². The number of anilines is 1. The second-order valence-electron chi connectivity index (χ2n) is 3.80. The fraction of sp³-hybridized carbons (Fsp3) is 0.143. The molecule has 4 nitrogen and oxygen atoms in total. The van der Waals surface area contributed by atoms with Gasteiger partial charge in [-0.25, -0.2) is 0 Å². The number of nitrogen functional groups attached to an aromatic ring is 1. The number of ether oxygens (including phenoxy) is 3. The molecule has 0 aromatic heterocycles. The molecule has 0 amide bonds. The Balaban J connectivity index is 2.35. The van der Waals surface area contributed by atoms with E-state index in [-0.39, 0.29) is 0 Å². The van der Waals surface area contributed by atoms with E-state index in [1.165, 1.54) is 0 Å². The molecule has 2 N–H and O–H groups in total. The van der Waals surface area contributed by atoms with Gasteiger partial charge >= 0.3 is 0 Å². The summed E-state index contributed by atoms with van der Waals surface area (Å²) >= 11 is 2.23. The van der Waals surface area contributed by atoms with E-state index in [4.69, 9.17) is 19.9 Å². The molecule has 0 aliphatic rings. The third kappa shape index (κ3) is 3.23. The lowest BCUT2D eigenvalue weighted by Crippen LogP contribution is -1.96. The van der Waals surface area contributed by atoms with Crippen LogP contribution in [-0.2, 0) is 0 Å². The number of halogens is 1. The first-order valence-corrected chi connectivity index (χ1v) is 6.67. The molecule has 0 heterocycles. The van der Waals surface area contributed by atoms with Crippen molar-refractivity contribution in [2.45, 2.75) is 0 Å². The molecule has 0 unspecified atom stereocenters. The topological polar surface area (TPSA) is 53.7 Å². The predicted octanol–water partition coefficient (Wildman–Crippen LogP) is 3.68. The Kier molecular flexibility index (Phi) is 4.36. The maximum absolute atomic E-state index is 5.94. The molecule has 19 heavy (non-hydrogen) atoms. The normalized spacial score (nSPS) is 10.1. The highest BCUT2D eigenvalue weighted by atomic mass is 127. The van der Waals surface area contributed by atoms with Gasteiger partial charge in [0, 0.05) is 15.7 Å². The largest absolute Gasteiger partial charge is 0.493 e. The van der Waals surface area contributed by atoms with Crippen molar-refractivity contribution in [3.63, 3.8) is 0 Å². The number of hydrogen-bond acceptors (Lipinski definition) is 4. The van der Waals surface area contributed by atoms with Gasteiger partial charge in [-0.15, -0.1) is 0 Å². The van der Waals surface area contributed by atoms with Crippen molar-refractivity contribution < 1.29 is 14.2 Å². The van der Waals surface area contributed by atoms with E-state index in [1.54, 1.807) is 26.4 Å². The van der Waals surface area contributed by atoms with Crippen LogP contribution >= 0.6 is 22.6 Å². The minimum absolute atomic E-state index is 0.497. The fourth-order valence-electron chi connectivity index (χ4n) is 1.62. The monoisotopic (exact) mass is 371 g/mol. The van der Waals surface area contributed by atoms with Crippen LogP contribution in [-0.4, -0.2) is 14.2 Å². The van der Waals surface area contributed by atoms with Crippen molar-refractivity contribution in [3.8, 4) is 23.0 Å². The third-order valence-electron chi connectivity index (χ3n) is 2.54. The van der Waals surface area contributed by atoms with Gasteiger partial charge in [0.05, 0.1) is 19.9 Å². The van der Waals surface area contributed by atoms with Crippen LogP contribution in [0.15, 0.2) is 36.4 Å². The minimum atomic E-state index is 0.497. The highest BCUT2D eigenvalue weighted by molar-refractivity contribution is 14.1. The van der Waals surface area contributed by atoms with Crippen LogP contribution in [0.5, 0.6) is 23.0 Å². The van der Waals surface area contributed by atoms with Gasteiger partial charge in [0.1, 0.15) is 5.75 Å². The molecule has 0 bridgehead atoms. The Hall–Kier alpha value is -1.63. The van der Waals surface area contributed by atoms with Crippen LogP contribution in [0.4, 0.5) is 5.69 Å². The molecule has 0 aliphatic carbocycles. The van der Waals surface area contributed by atoms with Gasteiger partial charge in [-0.2, -0.15) is 0 Å². The van der Waals surface area contributed by atoms with Crippen LogP contribution in [0.25, 0.3) is 0 Å². The van der Waals surface area contributed by atoms with E-state index in [0.29, 0.717) is 22.9 Å². The summed E-state index contributed by atoms with van der Waals surface area (Å²) in [5, 5.41) is 0. The number of nitrogens with two attached hydrogens (primary N) is 1. The second-order valence-corrected chi connectivity index (χ2v) is 5.05. The molecule has 0 saturated heterocycles. The number of hydrogen-bond donors (Lipinski definition) is 1. The first kappa shape index (κ1) is 13.8. The average molecular weight is 371 g/mol. The maximum Gasteiger partial charge on any atom is 0.164 e. The molecule has 0 spiro atoms. The summed E-state index contributed by atoms with van der Waals surface area (Å²) in [6.45, 7) is 0. The SMILES string of the molecule is COc1cc(N)c(Oc2cccc(I)c2)cc1OC. The van der Waals surface area contributed by atoms with Crippen molar-refractivity contribution in [1.29, 1.82) is 0 Å². The van der Waals surface area contributed by atoms with Crippen molar-refractivity contribution in [2.24, 2.45) is 0 Å². The molecule has 0 saturated carbocycles. The molecule has 0 atom stereocenters. The molecule has 100 valence electrons. The first-order valence-electron chi connectivity index (χ1n) is 5.59. The number of rotatable bonds is 4. The summed E-state index contributed by atoms with van der Waals surface area (Å²) in [4.78, 5) is 0. The van der Waals surface area contributed by atoms with Gasteiger partial charge in [0.25, 0.3) is 0 Å². The van der Waals surface area contributed by atoms with E-state index in [0.717, 1.165) is 9.32 Å². The van der Waals surface area contributed by atoms with Gasteiger partial charge in [-0.1, -0.05) is 6.07 Å². The first-order chi connectivity index (χ1) is 9.13. The third-order valence-corrected chi connectivity index (χ3v) is 3.21. The molecule has 5 heteroatoms. The summed E-state index contributed by atoms with van der Waals surface area (Å²) in [5.74, 6) is 2.43. The molecule has 2 aromatic carbocycles. The highest BCUT2D eigenvalue weighted by Crippen LogP contribution is 2.38. The lowest BCUT2D eigenvalue weighted by molar-refractivity contribution is 0.352. The van der Waals surface area contributed by atoms with E-state index in [9.17, 15) is 0 Å². The van der Waals surface area contributed by atoms with Crippen LogP contribution < -0.4 is 19.9 Å². The summed E-state index contributed by atoms with van der Waals surface area (Å²) in [5.41, 5.74) is 6.44. The van der Waals surface area contributed by atoms with Gasteiger partial charge in [0.2, 0.25) is 0 Å².